The van der Waals surface area contributed by atoms with Crippen LogP contribution in [0.3, 0.4) is 0 Å². The molecule has 0 saturated heterocycles. The highest BCUT2D eigenvalue weighted by Crippen LogP contribution is 2.37. The Morgan fingerprint density at radius 3 is 1.94 bits per heavy atom. The number of ether oxygens (including phenoxy) is 1. The maximum absolute atomic E-state index is 13.4. The molecule has 0 spiro atoms. The highest BCUT2D eigenvalue weighted by molar-refractivity contribution is 7.90. The molecule has 174 valence electrons. The van der Waals surface area contributed by atoms with Crippen molar-refractivity contribution in [2.75, 3.05) is 4.90 Å². The van der Waals surface area contributed by atoms with Gasteiger partial charge in [-0.3, -0.25) is 4.90 Å². The molecule has 35 heavy (non-hydrogen) atoms. The number of benzene rings is 4. The number of nitrogens with zero attached hydrogens (tertiary/aromatic N) is 2. The average Bonchev–Trinajstić information content (AvgIpc) is 2.90. The maximum Gasteiger partial charge on any atom is 0.314 e. The fourth-order valence-electron chi connectivity index (χ4n) is 3.96. The molecule has 6 heteroatoms. The van der Waals surface area contributed by atoms with E-state index in [2.05, 4.69) is 4.40 Å². The molecular weight excluding hydrogens is 456 g/mol. The number of aryl methyl sites for hydroxylation is 1. The highest BCUT2D eigenvalue weighted by Gasteiger charge is 2.33. The molecule has 0 aromatic heterocycles. The minimum Gasteiger partial charge on any atom is -0.425 e. The van der Waals surface area contributed by atoms with Crippen LogP contribution in [0.15, 0.2) is 131 Å². The number of para-hydroxylation sites is 1. The normalized spacial score (nSPS) is 17.1. The summed E-state index contributed by atoms with van der Waals surface area (Å²) >= 11 is 0. The van der Waals surface area contributed by atoms with Crippen LogP contribution in [0.5, 0.6) is 0 Å². The molecule has 1 heterocycles. The summed E-state index contributed by atoms with van der Waals surface area (Å²) in [6.07, 6.45) is 2.00. The van der Waals surface area contributed by atoms with Crippen molar-refractivity contribution in [3.05, 3.63) is 138 Å². The third-order valence-electron chi connectivity index (χ3n) is 5.75. The lowest BCUT2D eigenvalue weighted by Crippen LogP contribution is -2.39. The van der Waals surface area contributed by atoms with E-state index in [9.17, 15) is 8.42 Å². The van der Waals surface area contributed by atoms with Crippen molar-refractivity contribution >= 4 is 27.5 Å². The molecule has 4 aromatic carbocycles. The predicted molar refractivity (Wildman–Crippen MR) is 139 cm³/mol. The van der Waals surface area contributed by atoms with Gasteiger partial charge in [-0.1, -0.05) is 96.6 Å². The van der Waals surface area contributed by atoms with Gasteiger partial charge in [0.05, 0.1) is 10.9 Å². The Bertz CT molecular complexity index is 1470. The summed E-state index contributed by atoms with van der Waals surface area (Å²) in [6.45, 7) is 1.91. The van der Waals surface area contributed by atoms with E-state index in [4.69, 9.17) is 4.74 Å². The second-order valence-corrected chi connectivity index (χ2v) is 9.83. The first-order chi connectivity index (χ1) is 17.0. The van der Waals surface area contributed by atoms with Gasteiger partial charge in [-0.25, -0.2) is 0 Å². The summed E-state index contributed by atoms with van der Waals surface area (Å²) in [5, 5.41) is 0. The van der Waals surface area contributed by atoms with Crippen LogP contribution in [0.1, 0.15) is 22.7 Å². The smallest absolute Gasteiger partial charge is 0.314 e. The van der Waals surface area contributed by atoms with Gasteiger partial charge in [0.25, 0.3) is 10.0 Å². The van der Waals surface area contributed by atoms with E-state index in [0.717, 1.165) is 22.4 Å². The number of hydrogen-bond acceptors (Lipinski definition) is 3. The zero-order chi connectivity index (χ0) is 24.3. The zero-order valence-electron chi connectivity index (χ0n) is 19.2. The third kappa shape index (κ3) is 4.88. The number of anilines is 1. The van der Waals surface area contributed by atoms with Gasteiger partial charge >= 0.3 is 6.02 Å². The first kappa shape index (κ1) is 22.6. The fourth-order valence-corrected chi connectivity index (χ4v) is 4.88. The van der Waals surface area contributed by atoms with Crippen molar-refractivity contribution in [2.45, 2.75) is 17.9 Å². The second-order valence-electron chi connectivity index (χ2n) is 8.22. The topological polar surface area (TPSA) is 59.0 Å². The molecule has 5 rings (SSSR count). The molecule has 1 aliphatic rings. The van der Waals surface area contributed by atoms with Gasteiger partial charge < -0.3 is 4.74 Å². The van der Waals surface area contributed by atoms with Crippen LogP contribution in [0, 0.1) is 6.92 Å². The van der Waals surface area contributed by atoms with Crippen molar-refractivity contribution in [3.63, 3.8) is 0 Å². The average molecular weight is 481 g/mol. The SMILES string of the molecule is Cc1ccc(S(=O)(=O)/N=C2\OC(c3ccccc3)=C[C@@H](c3ccccc3)N2c2ccccc2)cc1. The van der Waals surface area contributed by atoms with Crippen LogP contribution < -0.4 is 4.90 Å². The molecule has 0 radical (unpaired) electrons. The van der Waals surface area contributed by atoms with E-state index in [0.29, 0.717) is 5.76 Å². The molecule has 5 nitrogen and oxygen atoms in total. The van der Waals surface area contributed by atoms with E-state index >= 15 is 0 Å². The maximum atomic E-state index is 13.4. The van der Waals surface area contributed by atoms with E-state index in [1.54, 1.807) is 24.3 Å². The number of sulfonamides is 1. The van der Waals surface area contributed by atoms with E-state index in [1.807, 2.05) is 109 Å². The molecule has 0 aliphatic carbocycles. The molecule has 1 aliphatic heterocycles. The Hall–Kier alpha value is -4.16. The molecule has 0 saturated carbocycles. The minimum absolute atomic E-state index is 0.00742. The molecule has 1 atom stereocenters. The number of rotatable bonds is 5. The van der Waals surface area contributed by atoms with Crippen molar-refractivity contribution < 1.29 is 13.2 Å². The van der Waals surface area contributed by atoms with Gasteiger partial charge in [-0.2, -0.15) is 8.42 Å². The van der Waals surface area contributed by atoms with Crippen LogP contribution >= 0.6 is 0 Å². The summed E-state index contributed by atoms with van der Waals surface area (Å²) in [7, 11) is -4.03. The fraction of sp³-hybridized carbons (Fsp3) is 0.0690. The molecule has 0 unspecified atom stereocenters. The first-order valence-corrected chi connectivity index (χ1v) is 12.7. The van der Waals surface area contributed by atoms with Gasteiger partial charge in [-0.15, -0.1) is 4.40 Å². The summed E-state index contributed by atoms with van der Waals surface area (Å²) in [5.74, 6) is 0.546. The van der Waals surface area contributed by atoms with E-state index in [1.165, 1.54) is 0 Å². The molecular formula is C29H24N2O3S. The van der Waals surface area contributed by atoms with E-state index < -0.39 is 10.0 Å². The van der Waals surface area contributed by atoms with Gasteiger partial charge in [-0.05, 0) is 42.8 Å². The second kappa shape index (κ2) is 9.60. The van der Waals surface area contributed by atoms with Gasteiger partial charge in [0.1, 0.15) is 5.76 Å². The Balaban J connectivity index is 1.71. The van der Waals surface area contributed by atoms with Crippen molar-refractivity contribution in [1.29, 1.82) is 0 Å². The Morgan fingerprint density at radius 1 is 0.743 bits per heavy atom. The van der Waals surface area contributed by atoms with Crippen molar-refractivity contribution in [3.8, 4) is 0 Å². The molecule has 0 amide bonds. The predicted octanol–water partition coefficient (Wildman–Crippen LogP) is 6.36. The lowest BCUT2D eigenvalue weighted by atomic mass is 10.0. The molecule has 0 fully saturated rings. The lowest BCUT2D eigenvalue weighted by Gasteiger charge is -2.36. The summed E-state index contributed by atoms with van der Waals surface area (Å²) < 4.78 is 37.2. The van der Waals surface area contributed by atoms with Crippen molar-refractivity contribution in [2.24, 2.45) is 4.40 Å². The number of hydrogen-bond donors (Lipinski definition) is 0. The standard InChI is InChI=1S/C29H24N2O3S/c1-22-17-19-26(20-18-22)35(32,33)30-29-31(25-15-9-4-10-16-25)27(23-11-5-2-6-12-23)21-28(34-29)24-13-7-3-8-14-24/h2-21,27H,1H3/b30-29-/t27-/m0/s1. The minimum atomic E-state index is -4.03. The van der Waals surface area contributed by atoms with Crippen LogP contribution in [0.2, 0.25) is 0 Å². The molecule has 4 aromatic rings. The Labute approximate surface area is 205 Å². The lowest BCUT2D eigenvalue weighted by molar-refractivity contribution is 0.465. The molecule has 0 bridgehead atoms. The van der Waals surface area contributed by atoms with E-state index in [-0.39, 0.29) is 17.0 Å². The summed E-state index contributed by atoms with van der Waals surface area (Å²) in [5.41, 5.74) is 3.55. The van der Waals surface area contributed by atoms with Gasteiger partial charge in [0.15, 0.2) is 0 Å². The summed E-state index contributed by atoms with van der Waals surface area (Å²) in [6, 6.07) is 35.3. The van der Waals surface area contributed by atoms with Crippen LogP contribution in [0.25, 0.3) is 5.76 Å². The number of amidine groups is 1. The van der Waals surface area contributed by atoms with Crippen LogP contribution in [-0.2, 0) is 14.8 Å². The van der Waals surface area contributed by atoms with Crippen molar-refractivity contribution in [1.82, 2.24) is 0 Å². The summed E-state index contributed by atoms with van der Waals surface area (Å²) in [4.78, 5) is 1.92. The van der Waals surface area contributed by atoms with Gasteiger partial charge in [0, 0.05) is 11.3 Å². The Kier molecular flexibility index (Phi) is 6.21. The zero-order valence-corrected chi connectivity index (χ0v) is 20.0. The first-order valence-electron chi connectivity index (χ1n) is 11.3. The largest absolute Gasteiger partial charge is 0.425 e. The monoisotopic (exact) mass is 480 g/mol. The van der Waals surface area contributed by atoms with Crippen LogP contribution in [-0.4, -0.2) is 14.4 Å². The third-order valence-corrected chi connectivity index (χ3v) is 7.01. The Morgan fingerprint density at radius 2 is 1.31 bits per heavy atom. The quantitative estimate of drug-likeness (QED) is 0.334. The van der Waals surface area contributed by atoms with Crippen LogP contribution in [0.4, 0.5) is 5.69 Å². The molecule has 0 N–H and O–H groups in total. The van der Waals surface area contributed by atoms with Gasteiger partial charge in [0.2, 0.25) is 0 Å². The highest BCUT2D eigenvalue weighted by atomic mass is 32.2.